The molecule has 0 aliphatic carbocycles. The molecule has 10 rings (SSSR count). The van der Waals surface area contributed by atoms with Crippen LogP contribution in [0.5, 0.6) is 0 Å². The third-order valence-electron chi connectivity index (χ3n) is 21.7. The first-order chi connectivity index (χ1) is 55.5. The molecule has 0 saturated carbocycles. The fraction of sp³-hybridized carbons (Fsp3) is 0.969. The van der Waals surface area contributed by atoms with Gasteiger partial charge in [0.1, 0.15) is 244 Å². The lowest BCUT2D eigenvalue weighted by Crippen LogP contribution is -2.70. The highest BCUT2D eigenvalue weighted by atomic mass is 16.8. The van der Waals surface area contributed by atoms with Gasteiger partial charge in [-0.3, -0.25) is 9.59 Å². The summed E-state index contributed by atoms with van der Waals surface area (Å²) in [6.07, 6.45) is -103. The van der Waals surface area contributed by atoms with E-state index in [0.29, 0.717) is 0 Å². The summed E-state index contributed by atoms with van der Waals surface area (Å²) in [5, 5.41) is 337. The Hall–Kier alpha value is -3.02. The standard InChI is InChI=1S/C64H108N2O51/c1-13(76)65-25-35(86)47(22(10-74)100-55(25)98)110-56-26(66-14(2)77)36(87)48(23(11-75)108-56)111-61-46(97)51(34(85)24(109-61)12-99-57-42(93)37(88)27(78)15(3-67)101-57)114-63-54(41(92)31(82)18(6-70)106-63)117-64-53(40(91)30(81)19(7-71)107-64)116-60-44(95)49(32(83)20(8-72)104-60)112-59-45(96)50(33(84)21(9-73)103-59)113-62-52(39(90)29(80)17(5-69)105-62)115-58-43(94)38(89)28(79)16(4-68)102-58/h15-64,67-75,78-98H,3-12H2,1-2H3,(H,65,76)(H,66,77)/t15-,16-,17-,18-,19-,20-,21-,22-,23-,24-,25+,26-,27-,28-,29-,30-,31-,32-,33-,34-,35-,36-,37+,38+,39+,40+,41+,42+,43-,44+,45-,46+,47-,48-,49+,50+,51+,52-,53+,54+,55?,56+,57+,58-,59-,60-,61+,62-,63-,64-/m1/s1. The van der Waals surface area contributed by atoms with Gasteiger partial charge in [0.2, 0.25) is 11.8 Å². The first-order valence-electron chi connectivity index (χ1n) is 37.2. The average Bonchev–Trinajstić information content (AvgIpc) is 0.766. The summed E-state index contributed by atoms with van der Waals surface area (Å²) in [5.74, 6) is -1.71. The zero-order chi connectivity index (χ0) is 85.9. The molecule has 1 unspecified atom stereocenters. The topological polar surface area (TPSA) is 840 Å². The third kappa shape index (κ3) is 20.6. The molecule has 0 spiro atoms. The van der Waals surface area contributed by atoms with Gasteiger partial charge in [-0.25, -0.2) is 0 Å². The van der Waals surface area contributed by atoms with E-state index in [9.17, 15) is 163 Å². The van der Waals surface area contributed by atoms with Crippen molar-refractivity contribution in [3.05, 3.63) is 0 Å². The highest BCUT2D eigenvalue weighted by molar-refractivity contribution is 5.73. The molecular weight excluding hydrogens is 1610 g/mol. The minimum atomic E-state index is -2.55. The molecule has 2 amide bonds. The van der Waals surface area contributed by atoms with Crippen LogP contribution in [-0.2, 0) is 99.6 Å². The molecule has 53 nitrogen and oxygen atoms in total. The van der Waals surface area contributed by atoms with E-state index in [2.05, 4.69) is 10.6 Å². The van der Waals surface area contributed by atoms with E-state index in [1.165, 1.54) is 0 Å². The predicted octanol–water partition coefficient (Wildman–Crippen LogP) is -22.5. The predicted molar refractivity (Wildman–Crippen MR) is 353 cm³/mol. The molecule has 10 heterocycles. The van der Waals surface area contributed by atoms with Crippen LogP contribution in [0.2, 0.25) is 0 Å². The Kier molecular flexibility index (Phi) is 34.4. The van der Waals surface area contributed by atoms with Gasteiger partial charge in [0.15, 0.2) is 62.9 Å². The number of hydrogen-bond acceptors (Lipinski definition) is 51. The Morgan fingerprint density at radius 3 is 0.829 bits per heavy atom. The summed E-state index contributed by atoms with van der Waals surface area (Å²) >= 11 is 0. The second-order valence-corrected chi connectivity index (χ2v) is 29.5. The van der Waals surface area contributed by atoms with E-state index in [1.807, 2.05) is 0 Å². The maximum Gasteiger partial charge on any atom is 0.217 e. The van der Waals surface area contributed by atoms with E-state index >= 15 is 0 Å². The van der Waals surface area contributed by atoms with Crippen LogP contribution >= 0.6 is 0 Å². The minimum absolute atomic E-state index is 0.782. The number of hydrogen-bond donors (Lipinski definition) is 32. The van der Waals surface area contributed by atoms with E-state index in [-0.39, 0.29) is 0 Å². The van der Waals surface area contributed by atoms with Crippen LogP contribution < -0.4 is 10.6 Å². The van der Waals surface area contributed by atoms with Crippen LogP contribution in [0.3, 0.4) is 0 Å². The lowest BCUT2D eigenvalue weighted by molar-refractivity contribution is -0.413. The van der Waals surface area contributed by atoms with Crippen molar-refractivity contribution in [2.24, 2.45) is 0 Å². The van der Waals surface area contributed by atoms with Crippen LogP contribution in [0.15, 0.2) is 0 Å². The zero-order valence-corrected chi connectivity index (χ0v) is 61.9. The Morgan fingerprint density at radius 1 is 0.222 bits per heavy atom. The quantitative estimate of drug-likeness (QED) is 0.0318. The molecule has 0 aromatic rings. The monoisotopic (exact) mass is 1720 g/mol. The van der Waals surface area contributed by atoms with Crippen LogP contribution in [-0.4, -0.2) is 538 Å². The second kappa shape index (κ2) is 41.9. The number of amides is 2. The summed E-state index contributed by atoms with van der Waals surface area (Å²) in [6.45, 7) is -9.16. The number of carbonyl (C=O) groups excluding carboxylic acids is 2. The Bertz CT molecular complexity index is 3050. The maximum absolute atomic E-state index is 12.9. The van der Waals surface area contributed by atoms with Crippen molar-refractivity contribution in [3.8, 4) is 0 Å². The van der Waals surface area contributed by atoms with Gasteiger partial charge in [-0.2, -0.15) is 0 Å². The number of carbonyl (C=O) groups is 2. The van der Waals surface area contributed by atoms with Gasteiger partial charge in [-0.05, 0) is 0 Å². The number of aliphatic hydroxyl groups excluding tert-OH is 30. The molecule has 32 N–H and O–H groups in total. The minimum Gasteiger partial charge on any atom is -0.394 e. The van der Waals surface area contributed by atoms with Gasteiger partial charge in [0, 0.05) is 13.8 Å². The molecule has 0 aromatic carbocycles. The van der Waals surface area contributed by atoms with Crippen LogP contribution in [0.4, 0.5) is 0 Å². The van der Waals surface area contributed by atoms with Gasteiger partial charge >= 0.3 is 0 Å². The fourth-order valence-electron chi connectivity index (χ4n) is 15.1. The SMILES string of the molecule is CC(=O)N[C@H]1[C@H](O[C@H]2[C@H](O)[C@H](NC(C)=O)C(O)O[C@@H]2CO)O[C@H](CO)[C@@H](O[C@@H]2O[C@H](CO[C@H]3O[C@H](CO)[C@@H](O)[C@H](O)[C@@H]3O)[C@@H](O)[C@H](O[C@H]3O[C@H](CO)[C@@H](O)[C@H](O)[C@@H]3O[C@H]3O[C@H](CO)[C@@H](O)[C@H](O)[C@@H]3O[C@H]3O[C@H](CO)[C@@H](O)[C@H](O[C@H]4O[C@H](CO)[C@@H](O)[C@H](O[C@H]5O[C@H](CO)[C@@H](O)[C@H](O)[C@H]5O[C@H]5O[C@H](CO)[C@@H](O)[C@H](O)[C@H]5O)[C@H]4O)[C@@H]3O)[C@@H]2O)[C@@H]1O. The summed E-state index contributed by atoms with van der Waals surface area (Å²) in [4.78, 5) is 25.0. The van der Waals surface area contributed by atoms with Crippen molar-refractivity contribution < 1.29 is 253 Å². The van der Waals surface area contributed by atoms with E-state index in [0.717, 1.165) is 13.8 Å². The van der Waals surface area contributed by atoms with Crippen LogP contribution in [0, 0.1) is 0 Å². The molecule has 680 valence electrons. The summed E-state index contributed by atoms with van der Waals surface area (Å²) in [6, 6.07) is -3.53. The van der Waals surface area contributed by atoms with Crippen molar-refractivity contribution in [1.29, 1.82) is 0 Å². The molecule has 0 aromatic heterocycles. The molecule has 10 saturated heterocycles. The van der Waals surface area contributed by atoms with Gasteiger partial charge in [-0.1, -0.05) is 0 Å². The number of aliphatic hydroxyl groups is 30. The molecule has 10 aliphatic heterocycles. The summed E-state index contributed by atoms with van der Waals surface area (Å²) < 4.78 is 111. The smallest absolute Gasteiger partial charge is 0.217 e. The molecule has 10 aliphatic rings. The number of rotatable bonds is 30. The molecule has 0 bridgehead atoms. The van der Waals surface area contributed by atoms with Crippen LogP contribution in [0.25, 0.3) is 0 Å². The normalized spacial score (nSPS) is 51.5. The largest absolute Gasteiger partial charge is 0.394 e. The van der Waals surface area contributed by atoms with Gasteiger partial charge in [-0.15, -0.1) is 0 Å². The number of nitrogens with one attached hydrogen (secondary N) is 2. The molecule has 0 radical (unpaired) electrons. The van der Waals surface area contributed by atoms with Gasteiger partial charge in [0.05, 0.1) is 66.1 Å². The van der Waals surface area contributed by atoms with Crippen molar-refractivity contribution in [2.75, 3.05) is 66.1 Å². The lowest BCUT2D eigenvalue weighted by Gasteiger charge is -2.51. The average molecular weight is 1720 g/mol. The molecule has 50 atom stereocenters. The fourth-order valence-corrected chi connectivity index (χ4v) is 15.1. The summed E-state index contributed by atoms with van der Waals surface area (Å²) in [5.41, 5.74) is 0. The first kappa shape index (κ1) is 96.2. The number of ether oxygens (including phenoxy) is 19. The third-order valence-corrected chi connectivity index (χ3v) is 21.7. The van der Waals surface area contributed by atoms with Gasteiger partial charge in [0.25, 0.3) is 0 Å². The Labute approximate surface area is 660 Å². The molecular formula is C64H108N2O51. The highest BCUT2D eigenvalue weighted by Crippen LogP contribution is 2.41. The van der Waals surface area contributed by atoms with Crippen molar-refractivity contribution >= 4 is 11.8 Å². The van der Waals surface area contributed by atoms with E-state index in [4.69, 9.17) is 90.0 Å². The Morgan fingerprint density at radius 2 is 0.462 bits per heavy atom. The second-order valence-electron chi connectivity index (χ2n) is 29.5. The van der Waals surface area contributed by atoms with E-state index in [1.54, 1.807) is 0 Å². The zero-order valence-electron chi connectivity index (χ0n) is 61.9. The van der Waals surface area contributed by atoms with Crippen molar-refractivity contribution in [3.63, 3.8) is 0 Å². The summed E-state index contributed by atoms with van der Waals surface area (Å²) in [7, 11) is 0. The van der Waals surface area contributed by atoms with Gasteiger partial charge < -0.3 is 254 Å². The van der Waals surface area contributed by atoms with Crippen molar-refractivity contribution in [2.45, 2.75) is 321 Å². The molecule has 53 heteroatoms. The lowest BCUT2D eigenvalue weighted by atomic mass is 9.94. The highest BCUT2D eigenvalue weighted by Gasteiger charge is 2.62. The maximum atomic E-state index is 12.9. The van der Waals surface area contributed by atoms with Crippen LogP contribution in [0.1, 0.15) is 13.8 Å². The van der Waals surface area contributed by atoms with E-state index < -0.39 is 385 Å². The Balaban J connectivity index is 0.921. The first-order valence-corrected chi connectivity index (χ1v) is 37.2. The van der Waals surface area contributed by atoms with Crippen molar-refractivity contribution in [1.82, 2.24) is 10.6 Å². The molecule has 117 heavy (non-hydrogen) atoms. The molecule has 10 fully saturated rings.